The molecular formula is C13H23ClN2O6. The first-order valence-corrected chi connectivity index (χ1v) is 7.94. The van der Waals surface area contributed by atoms with E-state index < -0.39 is 43.3 Å². The number of rotatable bonds is 6. The molecular weight excluding hydrogens is 316 g/mol. The summed E-state index contributed by atoms with van der Waals surface area (Å²) in [4.78, 5) is 13.6. The molecule has 2 amide bonds. The van der Waals surface area contributed by atoms with Gasteiger partial charge in [-0.1, -0.05) is 0 Å². The predicted octanol–water partition coefficient (Wildman–Crippen LogP) is -1.55. The SMILES string of the molecule is O=C(NCCCl)N(CC1CC1)C1O[C@H](CO)[C@H](O)[C@H](O)[C@H]1O. The van der Waals surface area contributed by atoms with E-state index in [1.165, 1.54) is 4.90 Å². The number of aliphatic hydroxyl groups is 4. The number of carbonyl (C=O) groups excluding carboxylic acids is 1. The minimum atomic E-state index is -1.50. The minimum Gasteiger partial charge on any atom is -0.394 e. The number of hydrogen-bond acceptors (Lipinski definition) is 6. The third-order valence-electron chi connectivity index (χ3n) is 3.96. The molecule has 0 aromatic heterocycles. The quantitative estimate of drug-likeness (QED) is 0.374. The molecule has 2 aliphatic rings. The summed E-state index contributed by atoms with van der Waals surface area (Å²) >= 11 is 5.55. The highest BCUT2D eigenvalue weighted by Gasteiger charge is 2.47. The smallest absolute Gasteiger partial charge is 0.319 e. The number of urea groups is 1. The monoisotopic (exact) mass is 338 g/mol. The van der Waals surface area contributed by atoms with Gasteiger partial charge in [0.15, 0.2) is 6.23 Å². The molecule has 8 nitrogen and oxygen atoms in total. The van der Waals surface area contributed by atoms with Crippen LogP contribution >= 0.6 is 11.6 Å². The van der Waals surface area contributed by atoms with Crippen molar-refractivity contribution in [1.29, 1.82) is 0 Å². The molecule has 5 N–H and O–H groups in total. The Morgan fingerprint density at radius 3 is 2.45 bits per heavy atom. The van der Waals surface area contributed by atoms with Crippen LogP contribution in [0.2, 0.25) is 0 Å². The summed E-state index contributed by atoms with van der Waals surface area (Å²) in [6.45, 7) is 0.109. The number of amides is 2. The zero-order valence-electron chi connectivity index (χ0n) is 12.1. The summed E-state index contributed by atoms with van der Waals surface area (Å²) in [7, 11) is 0. The molecule has 0 aromatic rings. The summed E-state index contributed by atoms with van der Waals surface area (Å²) in [5.74, 6) is 0.576. The van der Waals surface area contributed by atoms with Gasteiger partial charge in [-0.2, -0.15) is 0 Å². The largest absolute Gasteiger partial charge is 0.394 e. The van der Waals surface area contributed by atoms with Gasteiger partial charge in [0.05, 0.1) is 6.61 Å². The van der Waals surface area contributed by atoms with Crippen LogP contribution in [0.15, 0.2) is 0 Å². The van der Waals surface area contributed by atoms with E-state index in [-0.39, 0.29) is 12.4 Å². The first-order chi connectivity index (χ1) is 10.5. The lowest BCUT2D eigenvalue weighted by molar-refractivity contribution is -0.257. The molecule has 2 fully saturated rings. The average Bonchev–Trinajstić information content (AvgIpc) is 3.33. The van der Waals surface area contributed by atoms with Crippen LogP contribution in [-0.2, 0) is 4.74 Å². The Hall–Kier alpha value is -0.640. The van der Waals surface area contributed by atoms with E-state index in [4.69, 9.17) is 16.3 Å². The lowest BCUT2D eigenvalue weighted by atomic mass is 9.97. The Labute approximate surface area is 133 Å². The highest BCUT2D eigenvalue weighted by Crippen LogP contribution is 2.32. The molecule has 1 heterocycles. The molecule has 0 bridgehead atoms. The fourth-order valence-electron chi connectivity index (χ4n) is 2.48. The van der Waals surface area contributed by atoms with Gasteiger partial charge in [-0.05, 0) is 18.8 Å². The highest BCUT2D eigenvalue weighted by atomic mass is 35.5. The third-order valence-corrected chi connectivity index (χ3v) is 4.15. The molecule has 1 unspecified atom stereocenters. The number of halogens is 1. The van der Waals surface area contributed by atoms with Gasteiger partial charge in [0.2, 0.25) is 0 Å². The zero-order chi connectivity index (χ0) is 16.3. The van der Waals surface area contributed by atoms with Gasteiger partial charge >= 0.3 is 6.03 Å². The number of alkyl halides is 1. The topological polar surface area (TPSA) is 122 Å². The average molecular weight is 339 g/mol. The van der Waals surface area contributed by atoms with Crippen LogP contribution in [0.3, 0.4) is 0 Å². The van der Waals surface area contributed by atoms with Crippen molar-refractivity contribution in [3.8, 4) is 0 Å². The highest BCUT2D eigenvalue weighted by molar-refractivity contribution is 6.18. The molecule has 2 rings (SSSR count). The Bertz CT molecular complexity index is 382. The van der Waals surface area contributed by atoms with Crippen molar-refractivity contribution in [2.75, 3.05) is 25.6 Å². The third kappa shape index (κ3) is 4.01. The molecule has 0 aromatic carbocycles. The van der Waals surface area contributed by atoms with Crippen molar-refractivity contribution < 1.29 is 30.0 Å². The van der Waals surface area contributed by atoms with Crippen LogP contribution in [0.4, 0.5) is 4.79 Å². The summed E-state index contributed by atoms with van der Waals surface area (Å²) in [6, 6.07) is -0.461. The second-order valence-electron chi connectivity index (χ2n) is 5.74. The second kappa shape index (κ2) is 7.76. The van der Waals surface area contributed by atoms with E-state index in [0.29, 0.717) is 12.5 Å². The van der Waals surface area contributed by atoms with E-state index in [9.17, 15) is 25.2 Å². The van der Waals surface area contributed by atoms with Crippen molar-refractivity contribution in [3.05, 3.63) is 0 Å². The number of nitrogens with zero attached hydrogens (tertiary/aromatic N) is 1. The van der Waals surface area contributed by atoms with Crippen LogP contribution in [-0.4, -0.2) is 87.6 Å². The zero-order valence-corrected chi connectivity index (χ0v) is 12.9. The van der Waals surface area contributed by atoms with Crippen LogP contribution in [0.1, 0.15) is 12.8 Å². The van der Waals surface area contributed by atoms with E-state index in [1.807, 2.05) is 0 Å². The number of ether oxygens (including phenoxy) is 1. The second-order valence-corrected chi connectivity index (χ2v) is 6.11. The summed E-state index contributed by atoms with van der Waals surface area (Å²) < 4.78 is 5.44. The Balaban J connectivity index is 2.11. The van der Waals surface area contributed by atoms with Crippen molar-refractivity contribution in [2.24, 2.45) is 5.92 Å². The van der Waals surface area contributed by atoms with Gasteiger partial charge in [-0.3, -0.25) is 4.90 Å². The van der Waals surface area contributed by atoms with Crippen LogP contribution in [0.5, 0.6) is 0 Å². The number of hydrogen-bond donors (Lipinski definition) is 5. The number of nitrogens with one attached hydrogen (secondary N) is 1. The number of aliphatic hydroxyl groups excluding tert-OH is 4. The van der Waals surface area contributed by atoms with E-state index in [0.717, 1.165) is 12.8 Å². The fraction of sp³-hybridized carbons (Fsp3) is 0.923. The summed E-state index contributed by atoms with van der Waals surface area (Å²) in [5.41, 5.74) is 0. The van der Waals surface area contributed by atoms with Crippen LogP contribution < -0.4 is 5.32 Å². The fourth-order valence-corrected chi connectivity index (χ4v) is 2.57. The standard InChI is InChI=1S/C13H23ClN2O6/c14-3-4-15-13(21)16(5-7-1-2-7)12-11(20)10(19)9(18)8(6-17)22-12/h7-12,17-20H,1-6H2,(H,15,21)/t8-,9+,10+,11-,12?/m1/s1. The number of carbonyl (C=O) groups is 1. The van der Waals surface area contributed by atoms with Gasteiger partial charge in [0.1, 0.15) is 24.4 Å². The minimum absolute atomic E-state index is 0.248. The lowest BCUT2D eigenvalue weighted by Crippen LogP contribution is -2.65. The molecule has 1 aliphatic heterocycles. The molecule has 0 radical (unpaired) electrons. The Morgan fingerprint density at radius 1 is 1.23 bits per heavy atom. The van der Waals surface area contributed by atoms with Gasteiger partial charge in [-0.25, -0.2) is 4.79 Å². The van der Waals surface area contributed by atoms with Crippen LogP contribution in [0, 0.1) is 5.92 Å². The maximum Gasteiger partial charge on any atom is 0.319 e. The van der Waals surface area contributed by atoms with Crippen molar-refractivity contribution in [2.45, 2.75) is 43.5 Å². The first-order valence-electron chi connectivity index (χ1n) is 7.40. The molecule has 1 aliphatic carbocycles. The van der Waals surface area contributed by atoms with Crippen molar-refractivity contribution in [1.82, 2.24) is 10.2 Å². The van der Waals surface area contributed by atoms with E-state index in [2.05, 4.69) is 5.32 Å². The Kier molecular flexibility index (Phi) is 6.25. The van der Waals surface area contributed by atoms with Crippen LogP contribution in [0.25, 0.3) is 0 Å². The normalized spacial score (nSPS) is 35.2. The molecule has 22 heavy (non-hydrogen) atoms. The molecule has 128 valence electrons. The first kappa shape index (κ1) is 17.7. The van der Waals surface area contributed by atoms with Gasteiger partial charge in [0, 0.05) is 19.0 Å². The predicted molar refractivity (Wildman–Crippen MR) is 77.3 cm³/mol. The molecule has 1 saturated heterocycles. The van der Waals surface area contributed by atoms with Crippen molar-refractivity contribution >= 4 is 17.6 Å². The summed E-state index contributed by atoms with van der Waals surface area (Å²) in [5, 5.41) is 41.6. The van der Waals surface area contributed by atoms with Gasteiger partial charge < -0.3 is 30.5 Å². The lowest BCUT2D eigenvalue weighted by Gasteiger charge is -2.44. The van der Waals surface area contributed by atoms with Crippen molar-refractivity contribution in [3.63, 3.8) is 0 Å². The molecule has 1 saturated carbocycles. The van der Waals surface area contributed by atoms with E-state index in [1.54, 1.807) is 0 Å². The van der Waals surface area contributed by atoms with Gasteiger partial charge in [0.25, 0.3) is 0 Å². The van der Waals surface area contributed by atoms with Gasteiger partial charge in [-0.15, -0.1) is 11.6 Å². The Morgan fingerprint density at radius 2 is 1.91 bits per heavy atom. The van der Waals surface area contributed by atoms with E-state index >= 15 is 0 Å². The molecule has 5 atom stereocenters. The molecule has 9 heteroatoms. The molecule has 0 spiro atoms. The maximum atomic E-state index is 12.3. The summed E-state index contributed by atoms with van der Waals surface area (Å²) in [6.07, 6.45) is -4.60. The maximum absolute atomic E-state index is 12.3.